The standard InChI is InChI=1S/C12H18Br6/c13-7-1-2-8(14)10(16)5-6-12(18)11(17)4-3-9(7)15/h7-12H,1-6H2/t7-,8-,9-,10-,11-,12?/m1/s1. The van der Waals surface area contributed by atoms with E-state index in [0.717, 1.165) is 0 Å². The summed E-state index contributed by atoms with van der Waals surface area (Å²) >= 11 is 22.9. The highest BCUT2D eigenvalue weighted by Crippen LogP contribution is 2.34. The average Bonchev–Trinajstić information content (AvgIpc) is 2.36. The molecule has 1 rings (SSSR count). The zero-order valence-corrected chi connectivity index (χ0v) is 19.5. The topological polar surface area (TPSA) is 0 Å². The fraction of sp³-hybridized carbons (Fsp3) is 1.00. The fourth-order valence-corrected chi connectivity index (χ4v) is 5.21. The molecule has 108 valence electrons. The molecular weight excluding hydrogens is 624 g/mol. The van der Waals surface area contributed by atoms with Crippen LogP contribution in [0.4, 0.5) is 0 Å². The van der Waals surface area contributed by atoms with E-state index in [9.17, 15) is 0 Å². The van der Waals surface area contributed by atoms with Gasteiger partial charge in [-0.25, -0.2) is 0 Å². The van der Waals surface area contributed by atoms with Gasteiger partial charge < -0.3 is 0 Å². The van der Waals surface area contributed by atoms with Crippen LogP contribution < -0.4 is 0 Å². The third-order valence-corrected chi connectivity index (χ3v) is 12.0. The summed E-state index contributed by atoms with van der Waals surface area (Å²) in [7, 11) is 0. The van der Waals surface area contributed by atoms with Crippen LogP contribution in [-0.2, 0) is 0 Å². The molecule has 1 unspecified atom stereocenters. The molecule has 1 fully saturated rings. The number of halogens is 6. The Balaban J connectivity index is 2.61. The summed E-state index contributed by atoms with van der Waals surface area (Å²) in [6, 6.07) is 0. The first-order chi connectivity index (χ1) is 8.41. The highest BCUT2D eigenvalue weighted by Gasteiger charge is 2.25. The van der Waals surface area contributed by atoms with Crippen molar-refractivity contribution in [3.05, 3.63) is 0 Å². The Hall–Kier alpha value is 2.88. The van der Waals surface area contributed by atoms with Crippen molar-refractivity contribution in [1.29, 1.82) is 0 Å². The summed E-state index contributed by atoms with van der Waals surface area (Å²) in [5.41, 5.74) is 0. The number of alkyl halides is 6. The molecule has 6 atom stereocenters. The maximum Gasteiger partial charge on any atom is 0.0271 e. The molecule has 0 aliphatic heterocycles. The van der Waals surface area contributed by atoms with Crippen molar-refractivity contribution in [2.45, 2.75) is 67.5 Å². The van der Waals surface area contributed by atoms with E-state index in [2.05, 4.69) is 95.6 Å². The van der Waals surface area contributed by atoms with E-state index in [1.165, 1.54) is 38.5 Å². The van der Waals surface area contributed by atoms with Gasteiger partial charge in [0.1, 0.15) is 0 Å². The summed E-state index contributed by atoms with van der Waals surface area (Å²) in [4.78, 5) is 3.36. The van der Waals surface area contributed by atoms with Gasteiger partial charge in [0.05, 0.1) is 0 Å². The number of hydrogen-bond acceptors (Lipinski definition) is 0. The molecule has 0 aromatic heterocycles. The lowest BCUT2D eigenvalue weighted by atomic mass is 10.0. The second kappa shape index (κ2) is 9.81. The van der Waals surface area contributed by atoms with E-state index >= 15 is 0 Å². The van der Waals surface area contributed by atoms with Gasteiger partial charge in [-0.05, 0) is 38.5 Å². The Labute approximate surface area is 161 Å². The Morgan fingerprint density at radius 2 is 0.444 bits per heavy atom. The molecule has 0 aromatic rings. The van der Waals surface area contributed by atoms with Crippen molar-refractivity contribution in [2.24, 2.45) is 0 Å². The third kappa shape index (κ3) is 6.76. The van der Waals surface area contributed by atoms with E-state index in [1.54, 1.807) is 0 Å². The molecule has 1 saturated carbocycles. The van der Waals surface area contributed by atoms with Crippen LogP contribution in [0.15, 0.2) is 0 Å². The Bertz CT molecular complexity index is 175. The highest BCUT2D eigenvalue weighted by molar-refractivity contribution is 9.13. The lowest BCUT2D eigenvalue weighted by Gasteiger charge is -2.25. The van der Waals surface area contributed by atoms with Gasteiger partial charge in [-0.1, -0.05) is 95.6 Å². The first kappa shape index (κ1) is 18.9. The molecule has 1 aliphatic carbocycles. The summed E-state index contributed by atoms with van der Waals surface area (Å²) in [6.07, 6.45) is 7.24. The lowest BCUT2D eigenvalue weighted by Crippen LogP contribution is -2.25. The van der Waals surface area contributed by atoms with Crippen molar-refractivity contribution in [1.82, 2.24) is 0 Å². The van der Waals surface area contributed by atoms with Gasteiger partial charge in [0.2, 0.25) is 0 Å². The van der Waals surface area contributed by atoms with E-state index in [1.807, 2.05) is 0 Å². The minimum absolute atomic E-state index is 0.560. The quantitative estimate of drug-likeness (QED) is 0.252. The van der Waals surface area contributed by atoms with E-state index in [0.29, 0.717) is 29.0 Å². The zero-order valence-electron chi connectivity index (χ0n) is 9.97. The van der Waals surface area contributed by atoms with Crippen LogP contribution in [-0.4, -0.2) is 29.0 Å². The lowest BCUT2D eigenvalue weighted by molar-refractivity contribution is 0.557. The molecule has 0 N–H and O–H groups in total. The van der Waals surface area contributed by atoms with Gasteiger partial charge in [-0.15, -0.1) is 0 Å². The van der Waals surface area contributed by atoms with Gasteiger partial charge in [-0.2, -0.15) is 0 Å². The maximum atomic E-state index is 3.82. The molecule has 0 heterocycles. The molecule has 0 nitrogen and oxygen atoms in total. The van der Waals surface area contributed by atoms with Crippen molar-refractivity contribution >= 4 is 95.6 Å². The SMILES string of the molecule is BrC1CC[C@@H](Br)[C@H](Br)CC[C@@H](Br)[C@H](Br)CC[C@H]1Br. The van der Waals surface area contributed by atoms with Crippen molar-refractivity contribution in [2.75, 3.05) is 0 Å². The second-order valence-electron chi connectivity index (χ2n) is 4.83. The van der Waals surface area contributed by atoms with Gasteiger partial charge >= 0.3 is 0 Å². The van der Waals surface area contributed by atoms with Crippen molar-refractivity contribution in [3.8, 4) is 0 Å². The van der Waals surface area contributed by atoms with Gasteiger partial charge in [0.15, 0.2) is 0 Å². The molecule has 0 aromatic carbocycles. The monoisotopic (exact) mass is 636 g/mol. The molecule has 0 saturated heterocycles. The van der Waals surface area contributed by atoms with Gasteiger partial charge in [-0.3, -0.25) is 0 Å². The smallest absolute Gasteiger partial charge is 0.0271 e. The molecule has 1 aliphatic rings. The number of rotatable bonds is 0. The maximum absolute atomic E-state index is 3.82. The van der Waals surface area contributed by atoms with E-state index < -0.39 is 0 Å². The molecular formula is C12H18Br6. The molecule has 0 spiro atoms. The van der Waals surface area contributed by atoms with Crippen LogP contribution in [0.25, 0.3) is 0 Å². The first-order valence-electron chi connectivity index (χ1n) is 6.26. The predicted octanol–water partition coefficient (Wildman–Crippen LogP) is 6.92. The minimum Gasteiger partial charge on any atom is -0.0879 e. The van der Waals surface area contributed by atoms with Gasteiger partial charge in [0, 0.05) is 29.0 Å². The second-order valence-corrected chi connectivity index (χ2v) is 11.9. The third-order valence-electron chi connectivity index (χ3n) is 3.33. The Morgan fingerprint density at radius 1 is 0.333 bits per heavy atom. The van der Waals surface area contributed by atoms with Crippen LogP contribution >= 0.6 is 95.6 Å². The molecule has 18 heavy (non-hydrogen) atoms. The van der Waals surface area contributed by atoms with Crippen LogP contribution in [0.1, 0.15) is 38.5 Å². The van der Waals surface area contributed by atoms with E-state index in [4.69, 9.17) is 0 Å². The summed E-state index contributed by atoms with van der Waals surface area (Å²) in [5, 5.41) is 0. The minimum atomic E-state index is 0.560. The largest absolute Gasteiger partial charge is 0.0879 e. The van der Waals surface area contributed by atoms with E-state index in [-0.39, 0.29) is 0 Å². The van der Waals surface area contributed by atoms with Crippen molar-refractivity contribution in [3.63, 3.8) is 0 Å². The zero-order chi connectivity index (χ0) is 13.7. The summed E-state index contributed by atoms with van der Waals surface area (Å²) in [5.74, 6) is 0. The molecule has 0 radical (unpaired) electrons. The predicted molar refractivity (Wildman–Crippen MR) is 104 cm³/mol. The Kier molecular flexibility index (Phi) is 10.3. The summed E-state index contributed by atoms with van der Waals surface area (Å²) < 4.78 is 0. The average molecular weight is 642 g/mol. The fourth-order valence-electron chi connectivity index (χ4n) is 2.04. The van der Waals surface area contributed by atoms with Crippen LogP contribution in [0.2, 0.25) is 0 Å². The molecule has 0 amide bonds. The van der Waals surface area contributed by atoms with Crippen LogP contribution in [0.3, 0.4) is 0 Å². The normalized spacial score (nSPS) is 45.0. The molecule has 0 bridgehead atoms. The van der Waals surface area contributed by atoms with Gasteiger partial charge in [0.25, 0.3) is 0 Å². The van der Waals surface area contributed by atoms with Crippen molar-refractivity contribution < 1.29 is 0 Å². The Morgan fingerprint density at radius 3 is 0.556 bits per heavy atom. The van der Waals surface area contributed by atoms with Crippen LogP contribution in [0, 0.1) is 0 Å². The summed E-state index contributed by atoms with van der Waals surface area (Å²) in [6.45, 7) is 0. The van der Waals surface area contributed by atoms with Crippen LogP contribution in [0.5, 0.6) is 0 Å². The molecule has 6 heteroatoms. The number of hydrogen-bond donors (Lipinski definition) is 0. The first-order valence-corrected chi connectivity index (χ1v) is 11.8. The highest BCUT2D eigenvalue weighted by atomic mass is 79.9.